The average molecular weight is 296 g/mol. The highest BCUT2D eigenvalue weighted by Gasteiger charge is 2.23. The third-order valence-corrected chi connectivity index (χ3v) is 3.93. The van der Waals surface area contributed by atoms with E-state index in [1.165, 1.54) is 11.6 Å². The Bertz CT molecular complexity index is 792. The predicted molar refractivity (Wildman–Crippen MR) is 91.0 cm³/mol. The molecule has 0 saturated carbocycles. The normalized spacial score (nSPS) is 15.7. The van der Waals surface area contributed by atoms with Gasteiger partial charge < -0.3 is 21.3 Å². The number of rotatable bonds is 1. The first-order valence-electron chi connectivity index (χ1n) is 7.21. The van der Waals surface area contributed by atoms with E-state index in [1.54, 1.807) is 6.07 Å². The summed E-state index contributed by atoms with van der Waals surface area (Å²) < 4.78 is 0. The highest BCUT2D eigenvalue weighted by Crippen LogP contribution is 2.40. The molecule has 0 atom stereocenters. The van der Waals surface area contributed by atoms with Crippen LogP contribution in [0.4, 0.5) is 11.4 Å². The van der Waals surface area contributed by atoms with Crippen LogP contribution in [0.2, 0.25) is 0 Å². The Balaban J connectivity index is 2.15. The maximum absolute atomic E-state index is 9.79. The zero-order chi connectivity index (χ0) is 16.1. The van der Waals surface area contributed by atoms with E-state index in [0.717, 1.165) is 16.8 Å². The van der Waals surface area contributed by atoms with Crippen molar-refractivity contribution in [2.24, 2.45) is 0 Å². The summed E-state index contributed by atoms with van der Waals surface area (Å²) in [5.41, 5.74) is 11.0. The minimum atomic E-state index is -0.112. The van der Waals surface area contributed by atoms with Gasteiger partial charge in [0.1, 0.15) is 11.5 Å². The first-order chi connectivity index (χ1) is 10.3. The lowest BCUT2D eigenvalue weighted by Crippen LogP contribution is -2.31. The molecular weight excluding hydrogens is 276 g/mol. The summed E-state index contributed by atoms with van der Waals surface area (Å²) in [6.07, 6.45) is 2.18. The Morgan fingerprint density at radius 2 is 1.77 bits per heavy atom. The molecule has 1 aliphatic heterocycles. The number of allylic oxidation sites excluding steroid dienone is 1. The molecular formula is C18H20N2O2. The van der Waals surface area contributed by atoms with Crippen LogP contribution in [0.25, 0.3) is 16.7 Å². The van der Waals surface area contributed by atoms with Gasteiger partial charge in [0.2, 0.25) is 0 Å². The number of benzene rings is 2. The maximum Gasteiger partial charge on any atom is 0.142 e. The lowest BCUT2D eigenvalue weighted by molar-refractivity contribution is 0.452. The van der Waals surface area contributed by atoms with Gasteiger partial charge in [0.05, 0.1) is 11.2 Å². The van der Waals surface area contributed by atoms with Gasteiger partial charge in [-0.2, -0.15) is 0 Å². The number of nitrogen functional groups attached to an aromatic ring is 1. The lowest BCUT2D eigenvalue weighted by atomic mass is 9.89. The number of aromatic hydroxyl groups is 2. The van der Waals surface area contributed by atoms with E-state index in [1.807, 2.05) is 18.2 Å². The molecule has 0 aliphatic carbocycles. The summed E-state index contributed by atoms with van der Waals surface area (Å²) in [5, 5.41) is 23.0. The second kappa shape index (κ2) is 4.70. The van der Waals surface area contributed by atoms with E-state index in [4.69, 9.17) is 5.73 Å². The average Bonchev–Trinajstić information content (AvgIpc) is 2.41. The van der Waals surface area contributed by atoms with Crippen LogP contribution in [0.3, 0.4) is 0 Å². The van der Waals surface area contributed by atoms with Gasteiger partial charge >= 0.3 is 0 Å². The smallest absolute Gasteiger partial charge is 0.142 e. The van der Waals surface area contributed by atoms with Crippen molar-refractivity contribution in [1.29, 1.82) is 0 Å². The SMILES string of the molecule is CC1=CC(C)(C)Nc2ccc(-c3cc(O)cc(O)c3N)cc21. The van der Waals surface area contributed by atoms with Gasteiger partial charge in [0.25, 0.3) is 0 Å². The Morgan fingerprint density at radius 1 is 1.05 bits per heavy atom. The molecule has 1 aliphatic rings. The topological polar surface area (TPSA) is 78.5 Å². The van der Waals surface area contributed by atoms with E-state index < -0.39 is 0 Å². The van der Waals surface area contributed by atoms with Crippen molar-refractivity contribution in [3.8, 4) is 22.6 Å². The molecule has 0 unspecified atom stereocenters. The van der Waals surface area contributed by atoms with Crippen LogP contribution in [0.1, 0.15) is 26.3 Å². The largest absolute Gasteiger partial charge is 0.508 e. The van der Waals surface area contributed by atoms with Crippen LogP contribution < -0.4 is 11.1 Å². The van der Waals surface area contributed by atoms with Gasteiger partial charge in [-0.25, -0.2) is 0 Å². The molecule has 1 heterocycles. The number of phenols is 2. The molecule has 3 rings (SSSR count). The van der Waals surface area contributed by atoms with Crippen LogP contribution in [-0.2, 0) is 0 Å². The summed E-state index contributed by atoms with van der Waals surface area (Å²) in [7, 11) is 0. The molecule has 0 radical (unpaired) electrons. The molecule has 0 aromatic heterocycles. The number of nitrogens with one attached hydrogen (secondary N) is 1. The molecule has 0 saturated heterocycles. The molecule has 5 N–H and O–H groups in total. The summed E-state index contributed by atoms with van der Waals surface area (Å²) >= 11 is 0. The number of hydrogen-bond donors (Lipinski definition) is 4. The van der Waals surface area contributed by atoms with Gasteiger partial charge in [-0.15, -0.1) is 0 Å². The van der Waals surface area contributed by atoms with E-state index in [-0.39, 0.29) is 22.7 Å². The Hall–Kier alpha value is -2.62. The first kappa shape index (κ1) is 14.3. The van der Waals surface area contributed by atoms with Gasteiger partial charge in [-0.1, -0.05) is 12.1 Å². The third kappa shape index (κ3) is 2.37. The fraction of sp³-hybridized carbons (Fsp3) is 0.222. The number of anilines is 2. The van der Waals surface area contributed by atoms with Crippen LogP contribution >= 0.6 is 0 Å². The fourth-order valence-electron chi connectivity index (χ4n) is 3.01. The van der Waals surface area contributed by atoms with E-state index in [9.17, 15) is 10.2 Å². The van der Waals surface area contributed by atoms with Crippen molar-refractivity contribution in [2.45, 2.75) is 26.3 Å². The van der Waals surface area contributed by atoms with Crippen molar-refractivity contribution in [3.63, 3.8) is 0 Å². The molecule has 114 valence electrons. The highest BCUT2D eigenvalue weighted by atomic mass is 16.3. The number of phenolic OH excluding ortho intramolecular Hbond substituents is 2. The lowest BCUT2D eigenvalue weighted by Gasteiger charge is -2.31. The van der Waals surface area contributed by atoms with Gasteiger partial charge in [-0.05, 0) is 50.1 Å². The molecule has 0 fully saturated rings. The zero-order valence-corrected chi connectivity index (χ0v) is 12.9. The predicted octanol–water partition coefficient (Wildman–Crippen LogP) is 3.95. The molecule has 22 heavy (non-hydrogen) atoms. The number of hydrogen-bond acceptors (Lipinski definition) is 4. The van der Waals surface area contributed by atoms with Crippen molar-refractivity contribution in [3.05, 3.63) is 42.0 Å². The van der Waals surface area contributed by atoms with Crippen molar-refractivity contribution >= 4 is 16.9 Å². The molecule has 4 heteroatoms. The minimum absolute atomic E-state index is 0.00839. The zero-order valence-electron chi connectivity index (χ0n) is 12.9. The standard InChI is InChI=1S/C18H20N2O2/c1-10-9-18(2,3)20-15-5-4-11(6-13(10)15)14-7-12(21)8-16(22)17(14)19/h4-9,20-22H,19H2,1-3H3. The summed E-state index contributed by atoms with van der Waals surface area (Å²) in [6, 6.07) is 8.77. The first-order valence-corrected chi connectivity index (χ1v) is 7.21. The third-order valence-electron chi connectivity index (χ3n) is 3.93. The Kier molecular flexibility index (Phi) is 3.06. The van der Waals surface area contributed by atoms with Gasteiger partial charge in [0.15, 0.2) is 0 Å². The summed E-state index contributed by atoms with van der Waals surface area (Å²) in [6.45, 7) is 6.33. The monoisotopic (exact) mass is 296 g/mol. The summed E-state index contributed by atoms with van der Waals surface area (Å²) in [4.78, 5) is 0. The molecule has 4 nitrogen and oxygen atoms in total. The Morgan fingerprint density at radius 3 is 2.50 bits per heavy atom. The van der Waals surface area contributed by atoms with Gasteiger partial charge in [-0.3, -0.25) is 0 Å². The molecule has 0 bridgehead atoms. The van der Waals surface area contributed by atoms with Gasteiger partial charge in [0, 0.05) is 22.9 Å². The number of fused-ring (bicyclic) bond motifs is 1. The second-order valence-electron chi connectivity index (χ2n) is 6.36. The summed E-state index contributed by atoms with van der Waals surface area (Å²) in [5.74, 6) is -0.120. The van der Waals surface area contributed by atoms with E-state index >= 15 is 0 Å². The molecule has 2 aromatic carbocycles. The van der Waals surface area contributed by atoms with Crippen LogP contribution in [0, 0.1) is 0 Å². The maximum atomic E-state index is 9.79. The number of nitrogens with two attached hydrogens (primary N) is 1. The van der Waals surface area contributed by atoms with Crippen LogP contribution in [0.5, 0.6) is 11.5 Å². The van der Waals surface area contributed by atoms with Crippen molar-refractivity contribution in [1.82, 2.24) is 0 Å². The molecule has 2 aromatic rings. The van der Waals surface area contributed by atoms with Crippen molar-refractivity contribution in [2.75, 3.05) is 11.1 Å². The fourth-order valence-corrected chi connectivity index (χ4v) is 3.01. The van der Waals surface area contributed by atoms with Crippen molar-refractivity contribution < 1.29 is 10.2 Å². The molecule has 0 spiro atoms. The van der Waals surface area contributed by atoms with Crippen LogP contribution in [-0.4, -0.2) is 15.8 Å². The van der Waals surface area contributed by atoms with E-state index in [0.29, 0.717) is 5.56 Å². The van der Waals surface area contributed by atoms with Crippen LogP contribution in [0.15, 0.2) is 36.4 Å². The quantitative estimate of drug-likeness (QED) is 0.365. The Labute approximate surface area is 129 Å². The molecule has 0 amide bonds. The highest BCUT2D eigenvalue weighted by molar-refractivity contribution is 5.88. The second-order valence-corrected chi connectivity index (χ2v) is 6.36. The minimum Gasteiger partial charge on any atom is -0.508 e. The van der Waals surface area contributed by atoms with E-state index in [2.05, 4.69) is 32.2 Å².